The van der Waals surface area contributed by atoms with Gasteiger partial charge in [-0.1, -0.05) is 196 Å². The van der Waals surface area contributed by atoms with Gasteiger partial charge in [-0.2, -0.15) is 0 Å². The van der Waals surface area contributed by atoms with Crippen LogP contribution in [0.15, 0.2) is 219 Å². The van der Waals surface area contributed by atoms with Crippen molar-refractivity contribution in [1.82, 2.24) is 39.1 Å². The van der Waals surface area contributed by atoms with Gasteiger partial charge < -0.3 is 40.6 Å². The van der Waals surface area contributed by atoms with Crippen LogP contribution < -0.4 is 22.3 Å². The minimum atomic E-state index is -3.13. The van der Waals surface area contributed by atoms with Crippen molar-refractivity contribution in [3.05, 3.63) is 273 Å². The molecule has 2 aromatic heterocycles. The fourth-order valence-electron chi connectivity index (χ4n) is 14.1. The number of likely N-dealkylation sites (tertiary alicyclic amines) is 2. The number of H-pyrrole nitrogens is 1. The van der Waals surface area contributed by atoms with Gasteiger partial charge in [0.25, 0.3) is 42.6 Å². The Labute approximate surface area is 610 Å². The Morgan fingerprint density at radius 3 is 1.23 bits per heavy atom. The molecule has 6 heterocycles. The van der Waals surface area contributed by atoms with Crippen LogP contribution in [0.3, 0.4) is 0 Å². The Hall–Kier alpha value is -9.57. The number of piperazine rings is 2. The summed E-state index contributed by atoms with van der Waals surface area (Å²) in [5.41, 5.74) is 6.62. The summed E-state index contributed by atoms with van der Waals surface area (Å²) >= 11 is 13.2. The lowest BCUT2D eigenvalue weighted by Gasteiger charge is -2.43. The third kappa shape index (κ3) is 16.4. The van der Waals surface area contributed by atoms with Gasteiger partial charge >= 0.3 is 0 Å². The van der Waals surface area contributed by atoms with Crippen molar-refractivity contribution in [2.24, 2.45) is 5.90 Å². The summed E-state index contributed by atoms with van der Waals surface area (Å²) in [6, 6.07) is 65.8. The molecule has 0 unspecified atom stereocenters. The molecule has 10 aromatic rings. The Balaban J connectivity index is 0.000000180. The molecule has 0 spiro atoms. The summed E-state index contributed by atoms with van der Waals surface area (Å²) in [6.07, 6.45) is 2.48. The molecule has 20 nitrogen and oxygen atoms in total. The number of aromatic amines is 1. The second-order valence-corrected chi connectivity index (χ2v) is 29.0. The zero-order valence-electron chi connectivity index (χ0n) is 55.9. The highest BCUT2D eigenvalue weighted by Gasteiger charge is 2.38. The van der Waals surface area contributed by atoms with E-state index in [0.29, 0.717) is 103 Å². The Bertz CT molecular complexity index is 4550. The molecule has 23 heteroatoms. The summed E-state index contributed by atoms with van der Waals surface area (Å²) in [5.74, 6) is 8.11. The lowest BCUT2D eigenvalue weighted by Crippen LogP contribution is -2.54. The summed E-state index contributed by atoms with van der Waals surface area (Å²) < 4.78 is 18.6. The number of amides is 4. The molecule has 4 atom stereocenters. The van der Waals surface area contributed by atoms with Gasteiger partial charge in [0.2, 0.25) is 0 Å². The molecular formula is C80H87Cl2N10O10P. The van der Waals surface area contributed by atoms with Gasteiger partial charge in [0.05, 0.1) is 62.1 Å². The predicted molar refractivity (Wildman–Crippen MR) is 406 cm³/mol. The highest BCUT2D eigenvalue weighted by atomic mass is 35.5. The van der Waals surface area contributed by atoms with Gasteiger partial charge in [-0.3, -0.25) is 47.8 Å². The number of aliphatic hydroxyl groups is 2. The molecule has 4 aliphatic heterocycles. The number of aromatic nitrogens is 2. The maximum atomic E-state index is 14.0. The van der Waals surface area contributed by atoms with E-state index in [4.69, 9.17) is 39.6 Å². The lowest BCUT2D eigenvalue weighted by molar-refractivity contribution is -0.126. The van der Waals surface area contributed by atoms with Crippen LogP contribution in [0.5, 0.6) is 0 Å². The van der Waals surface area contributed by atoms with Crippen molar-refractivity contribution >= 4 is 98.2 Å². The number of nitrogens with zero attached hydrogens (tertiary/aromatic N) is 7. The van der Waals surface area contributed by atoms with Crippen molar-refractivity contribution in [3.63, 3.8) is 0 Å². The number of nitrogens with one attached hydrogen (secondary N) is 1. The number of hydrogen-bond acceptors (Lipinski definition) is 14. The third-order valence-corrected chi connectivity index (χ3v) is 22.2. The standard InChI is InChI=1S/C33H34ClN5O4.C33H33ClN4O4.C12H12NO2P.2CH4/c1-21-18-36(30(22-8-4-2-5-9-22)23-10-6-3-7-11-23)14-15-38(21)32(42)26-16-25-27(20-39(35)29(25)17-28(26)34)31(41)33(43)37-13-12-24(40)19-37;1-21-19-36(30(22-8-4-2-5-9-22)23-10-6-3-7-11-23)14-15-38(21)32(41)26-16-25-27(18-35-29(25)17-28(26)34)31(40)33(42)37-13-12-24(39)20-37;13-15-16(14,11-7-3-1-4-8-11)12-9-5-2-6-10-12;;/h2-11,16-17,20-21,24,30,40H,12-15,18-19,35H2,1H3;2-11,16-18,21,24,30,35,39H,12-15,19-20H2,1H3;1-10H,13H2;2*1H4/t2*21-,24-;;;/m11.../s1. The normalized spacial score (nSPS) is 17.8. The zero-order chi connectivity index (χ0) is 71.1. The number of nitrogens with two attached hydrogens (primary N) is 2. The summed E-state index contributed by atoms with van der Waals surface area (Å²) in [7, 11) is -3.13. The molecule has 14 rings (SSSR count). The average molecular weight is 1450 g/mol. The molecule has 4 amide bonds. The van der Waals surface area contributed by atoms with Crippen molar-refractivity contribution in [3.8, 4) is 0 Å². The Kier molecular flexibility index (Phi) is 24.9. The fraction of sp³-hybridized carbons (Fsp3) is 0.275. The van der Waals surface area contributed by atoms with Gasteiger partial charge in [0.15, 0.2) is 0 Å². The van der Waals surface area contributed by atoms with Crippen LogP contribution in [0.1, 0.15) is 117 Å². The predicted octanol–water partition coefficient (Wildman–Crippen LogP) is 11.3. The first kappa shape index (κ1) is 76.1. The number of hydrogen-bond donors (Lipinski definition) is 5. The van der Waals surface area contributed by atoms with Crippen molar-refractivity contribution in [2.75, 3.05) is 71.3 Å². The molecule has 536 valence electrons. The molecule has 8 aromatic carbocycles. The first-order chi connectivity index (χ1) is 48.8. The molecule has 4 aliphatic rings. The topological polar surface area (TPSA) is 261 Å². The number of β-amino-alcohol motifs (C(OH)–C–C–N with tert-alkyl or cyclic N) is 2. The van der Waals surface area contributed by atoms with Crippen molar-refractivity contribution in [1.29, 1.82) is 0 Å². The van der Waals surface area contributed by atoms with Gasteiger partial charge in [0, 0.05) is 117 Å². The molecule has 0 saturated carbocycles. The number of aliphatic hydroxyl groups excluding tert-OH is 2. The molecular weight excluding hydrogens is 1360 g/mol. The number of rotatable bonds is 15. The van der Waals surface area contributed by atoms with Crippen LogP contribution >= 0.6 is 30.6 Å². The minimum absolute atomic E-state index is 0. The van der Waals surface area contributed by atoms with E-state index in [2.05, 4.69) is 87.6 Å². The molecule has 7 N–H and O–H groups in total. The second kappa shape index (κ2) is 33.7. The zero-order valence-corrected chi connectivity index (χ0v) is 58.3. The Morgan fingerprint density at radius 1 is 0.495 bits per heavy atom. The number of carbonyl (C=O) groups is 6. The SMILES string of the molecule is C.C.C[C@@H]1CN(C(c2ccccc2)c2ccccc2)CCN1C(=O)c1cc2c(C(=O)C(=O)N3CC[C@@H](O)C3)c[nH]c2cc1Cl.C[C@@H]1CN(C(c2ccccc2)c2ccccc2)CCN1C(=O)c1cc2c(C(=O)C(=O)N3CC[C@@H](O)C3)cn(N)c2cc1Cl.NOP(=O)(c1ccccc1)c1ccccc1. The number of Topliss-reactive ketones (excluding diaryl/α,β-unsaturated/α-hetero) is 2. The summed E-state index contributed by atoms with van der Waals surface area (Å²) in [5, 5.41) is 22.2. The largest absolute Gasteiger partial charge is 0.391 e. The van der Waals surface area contributed by atoms with E-state index < -0.39 is 43.0 Å². The lowest BCUT2D eigenvalue weighted by atomic mass is 9.95. The molecule has 4 fully saturated rings. The van der Waals surface area contributed by atoms with E-state index in [1.807, 2.05) is 109 Å². The Morgan fingerprint density at radius 2 is 0.864 bits per heavy atom. The number of ketones is 2. The molecule has 103 heavy (non-hydrogen) atoms. The van der Waals surface area contributed by atoms with Crippen LogP contribution in [0.2, 0.25) is 10.0 Å². The van der Waals surface area contributed by atoms with E-state index in [1.54, 1.807) is 48.5 Å². The highest BCUT2D eigenvalue weighted by Crippen LogP contribution is 2.43. The van der Waals surface area contributed by atoms with E-state index >= 15 is 0 Å². The van der Waals surface area contributed by atoms with Gasteiger partial charge in [-0.25, -0.2) is 10.5 Å². The number of halogens is 2. The first-order valence-corrected chi connectivity index (χ1v) is 36.0. The summed E-state index contributed by atoms with van der Waals surface area (Å²) in [6.45, 7) is 8.62. The maximum absolute atomic E-state index is 14.0. The van der Waals surface area contributed by atoms with Gasteiger partial charge in [-0.05, 0) is 97.5 Å². The van der Waals surface area contributed by atoms with Crippen LogP contribution in [0.4, 0.5) is 0 Å². The number of nitrogen functional groups attached to an aromatic ring is 1. The van der Waals surface area contributed by atoms with E-state index in [-0.39, 0.29) is 90.7 Å². The van der Waals surface area contributed by atoms with Crippen LogP contribution in [0, 0.1) is 0 Å². The smallest absolute Gasteiger partial charge is 0.295 e. The molecule has 4 saturated heterocycles. The summed E-state index contributed by atoms with van der Waals surface area (Å²) in [4.78, 5) is 94.2. The van der Waals surface area contributed by atoms with E-state index in [1.165, 1.54) is 49.1 Å². The second-order valence-electron chi connectivity index (χ2n) is 25.9. The highest BCUT2D eigenvalue weighted by molar-refractivity contribution is 7.74. The first-order valence-electron chi connectivity index (χ1n) is 33.6. The van der Waals surface area contributed by atoms with Crippen LogP contribution in [-0.4, -0.2) is 174 Å². The van der Waals surface area contributed by atoms with Crippen molar-refractivity contribution in [2.45, 2.75) is 77.9 Å². The third-order valence-electron chi connectivity index (χ3n) is 19.3. The fourth-order valence-corrected chi connectivity index (χ4v) is 16.3. The number of benzene rings is 8. The van der Waals surface area contributed by atoms with E-state index in [0.717, 1.165) is 0 Å². The van der Waals surface area contributed by atoms with E-state index in [9.17, 15) is 43.5 Å². The monoisotopic (exact) mass is 1450 g/mol. The van der Waals surface area contributed by atoms with Crippen LogP contribution in [-0.2, 0) is 18.8 Å². The van der Waals surface area contributed by atoms with Gasteiger partial charge in [-0.15, -0.1) is 0 Å². The molecule has 0 radical (unpaired) electrons. The number of fused-ring (bicyclic) bond motifs is 2. The molecule has 0 bridgehead atoms. The van der Waals surface area contributed by atoms with Gasteiger partial charge in [0.1, 0.15) is 0 Å². The molecule has 0 aliphatic carbocycles. The quantitative estimate of drug-likeness (QED) is 0.0210. The number of carbonyl (C=O) groups excluding carboxylic acids is 6. The average Bonchev–Trinajstić information content (AvgIpc) is 1.75. The minimum Gasteiger partial charge on any atom is -0.391 e. The maximum Gasteiger partial charge on any atom is 0.295 e. The van der Waals surface area contributed by atoms with Crippen molar-refractivity contribution < 1.29 is 48.2 Å². The van der Waals surface area contributed by atoms with Crippen LogP contribution in [0.25, 0.3) is 21.8 Å².